The molecule has 3 aromatic rings. The Bertz CT molecular complexity index is 780. The number of aromatic nitrogens is 1. The first kappa shape index (κ1) is 14.7. The van der Waals surface area contributed by atoms with Crippen molar-refractivity contribution in [3.05, 3.63) is 64.8 Å². The van der Waals surface area contributed by atoms with E-state index in [1.807, 2.05) is 43.3 Å². The van der Waals surface area contributed by atoms with Crippen molar-refractivity contribution in [1.29, 1.82) is 0 Å². The number of nitrogens with zero attached hydrogens (tertiary/aromatic N) is 1. The number of aryl methyl sites for hydroxylation is 1. The molecule has 0 aliphatic carbocycles. The second-order valence-electron chi connectivity index (χ2n) is 5.08. The molecular weight excluding hydrogens is 296 g/mol. The van der Waals surface area contributed by atoms with Crippen molar-refractivity contribution in [2.45, 2.75) is 13.0 Å². The molecule has 4 nitrogen and oxygen atoms in total. The summed E-state index contributed by atoms with van der Waals surface area (Å²) in [5.41, 5.74) is 1.15. The van der Waals surface area contributed by atoms with Gasteiger partial charge in [-0.25, -0.2) is 4.98 Å². The summed E-state index contributed by atoms with van der Waals surface area (Å²) in [6.07, 6.45) is -0.717. The molecule has 112 valence electrons. The van der Waals surface area contributed by atoms with Gasteiger partial charge in [-0.2, -0.15) is 0 Å². The average molecular weight is 312 g/mol. The minimum absolute atomic E-state index is 0.168. The van der Waals surface area contributed by atoms with Gasteiger partial charge in [0.25, 0.3) is 5.91 Å². The minimum atomic E-state index is -0.717. The number of thiophene rings is 1. The number of pyridine rings is 1. The molecule has 0 saturated heterocycles. The van der Waals surface area contributed by atoms with E-state index in [0.717, 1.165) is 20.7 Å². The quantitative estimate of drug-likeness (QED) is 0.778. The smallest absolute Gasteiger partial charge is 0.269 e. The van der Waals surface area contributed by atoms with Crippen LogP contribution in [0.5, 0.6) is 0 Å². The molecule has 2 aromatic heterocycles. The van der Waals surface area contributed by atoms with Gasteiger partial charge in [0, 0.05) is 21.8 Å². The molecule has 0 saturated carbocycles. The molecular formula is C17H16N2O2S. The zero-order chi connectivity index (χ0) is 15.5. The molecule has 0 spiro atoms. The molecule has 0 bridgehead atoms. The molecule has 1 atom stereocenters. The van der Waals surface area contributed by atoms with E-state index in [9.17, 15) is 9.90 Å². The molecule has 3 rings (SSSR count). The molecule has 5 heteroatoms. The van der Waals surface area contributed by atoms with Crippen LogP contribution >= 0.6 is 11.3 Å². The number of rotatable bonds is 4. The molecule has 1 amide bonds. The zero-order valence-electron chi connectivity index (χ0n) is 12.1. The van der Waals surface area contributed by atoms with Crippen LogP contribution in [0.4, 0.5) is 0 Å². The zero-order valence-corrected chi connectivity index (χ0v) is 12.9. The standard InChI is InChI=1S/C17H16N2O2S/c1-11-5-4-7-13(19-11)17(21)18-10-14(20)16-9-12-6-2-3-8-15(12)22-16/h2-9,14,20H,10H2,1H3,(H,18,21). The molecule has 22 heavy (non-hydrogen) atoms. The Morgan fingerprint density at radius 1 is 1.27 bits per heavy atom. The van der Waals surface area contributed by atoms with Crippen LogP contribution in [0.3, 0.4) is 0 Å². The van der Waals surface area contributed by atoms with Crippen LogP contribution in [0.15, 0.2) is 48.5 Å². The first-order valence-corrected chi connectivity index (χ1v) is 7.83. The monoisotopic (exact) mass is 312 g/mol. The number of carbonyl (C=O) groups excluding carboxylic acids is 1. The van der Waals surface area contributed by atoms with Gasteiger partial charge in [-0.15, -0.1) is 11.3 Å². The van der Waals surface area contributed by atoms with Crippen molar-refractivity contribution >= 4 is 27.3 Å². The summed E-state index contributed by atoms with van der Waals surface area (Å²) in [5.74, 6) is -0.274. The largest absolute Gasteiger partial charge is 0.386 e. The van der Waals surface area contributed by atoms with Gasteiger partial charge in [-0.05, 0) is 36.6 Å². The van der Waals surface area contributed by atoms with Crippen molar-refractivity contribution < 1.29 is 9.90 Å². The number of carbonyl (C=O) groups is 1. The van der Waals surface area contributed by atoms with Gasteiger partial charge in [-0.1, -0.05) is 24.3 Å². The van der Waals surface area contributed by atoms with Crippen LogP contribution in [0.1, 0.15) is 27.2 Å². The van der Waals surface area contributed by atoms with E-state index in [1.54, 1.807) is 12.1 Å². The lowest BCUT2D eigenvalue weighted by molar-refractivity contribution is 0.0913. The van der Waals surface area contributed by atoms with Crippen molar-refractivity contribution in [2.75, 3.05) is 6.54 Å². The highest BCUT2D eigenvalue weighted by Crippen LogP contribution is 2.29. The summed E-state index contributed by atoms with van der Waals surface area (Å²) in [6.45, 7) is 2.00. The Labute approximate surface area is 132 Å². The fourth-order valence-corrected chi connectivity index (χ4v) is 3.27. The van der Waals surface area contributed by atoms with Gasteiger partial charge in [0.1, 0.15) is 11.8 Å². The van der Waals surface area contributed by atoms with Gasteiger partial charge in [-0.3, -0.25) is 4.79 Å². The van der Waals surface area contributed by atoms with Crippen molar-refractivity contribution in [3.63, 3.8) is 0 Å². The summed E-state index contributed by atoms with van der Waals surface area (Å²) in [6, 6.07) is 15.2. The molecule has 0 aliphatic heterocycles. The van der Waals surface area contributed by atoms with Crippen molar-refractivity contribution in [1.82, 2.24) is 10.3 Å². The molecule has 0 radical (unpaired) electrons. The van der Waals surface area contributed by atoms with Gasteiger partial charge in [0.2, 0.25) is 0 Å². The normalized spacial score (nSPS) is 12.3. The van der Waals surface area contributed by atoms with Crippen molar-refractivity contribution in [3.8, 4) is 0 Å². The summed E-state index contributed by atoms with van der Waals surface area (Å²) in [7, 11) is 0. The van der Waals surface area contributed by atoms with E-state index in [1.165, 1.54) is 11.3 Å². The number of hydrogen-bond acceptors (Lipinski definition) is 4. The SMILES string of the molecule is Cc1cccc(C(=O)NCC(O)c2cc3ccccc3s2)n1. The second kappa shape index (κ2) is 6.25. The average Bonchev–Trinajstić information content (AvgIpc) is 2.96. The Morgan fingerprint density at radius 3 is 2.86 bits per heavy atom. The second-order valence-corrected chi connectivity index (χ2v) is 6.19. The first-order chi connectivity index (χ1) is 10.6. The van der Waals surface area contributed by atoms with Crippen LogP contribution in [0, 0.1) is 6.92 Å². The lowest BCUT2D eigenvalue weighted by Crippen LogP contribution is -2.28. The molecule has 2 heterocycles. The Kier molecular flexibility index (Phi) is 4.18. The van der Waals surface area contributed by atoms with E-state index in [0.29, 0.717) is 5.69 Å². The van der Waals surface area contributed by atoms with Crippen LogP contribution in [-0.2, 0) is 0 Å². The van der Waals surface area contributed by atoms with E-state index in [4.69, 9.17) is 0 Å². The van der Waals surface area contributed by atoms with E-state index < -0.39 is 6.10 Å². The van der Waals surface area contributed by atoms with Gasteiger partial charge < -0.3 is 10.4 Å². The highest BCUT2D eigenvalue weighted by atomic mass is 32.1. The number of aliphatic hydroxyl groups is 1. The lowest BCUT2D eigenvalue weighted by atomic mass is 10.2. The van der Waals surface area contributed by atoms with Gasteiger partial charge in [0.15, 0.2) is 0 Å². The van der Waals surface area contributed by atoms with Crippen LogP contribution in [0.2, 0.25) is 0 Å². The van der Waals surface area contributed by atoms with Gasteiger partial charge in [0.05, 0.1) is 0 Å². The number of fused-ring (bicyclic) bond motifs is 1. The third-order valence-corrected chi connectivity index (χ3v) is 4.57. The van der Waals surface area contributed by atoms with E-state index in [2.05, 4.69) is 10.3 Å². The van der Waals surface area contributed by atoms with Crippen LogP contribution < -0.4 is 5.32 Å². The molecule has 0 fully saturated rings. The molecule has 1 aromatic carbocycles. The minimum Gasteiger partial charge on any atom is -0.386 e. The predicted octanol–water partition coefficient (Wildman–Crippen LogP) is 3.07. The summed E-state index contributed by atoms with van der Waals surface area (Å²) in [5, 5.41) is 14.1. The maximum absolute atomic E-state index is 12.0. The highest BCUT2D eigenvalue weighted by molar-refractivity contribution is 7.19. The van der Waals surface area contributed by atoms with E-state index >= 15 is 0 Å². The van der Waals surface area contributed by atoms with Crippen LogP contribution in [-0.4, -0.2) is 22.5 Å². The first-order valence-electron chi connectivity index (χ1n) is 7.02. The summed E-state index contributed by atoms with van der Waals surface area (Å²) < 4.78 is 1.13. The van der Waals surface area contributed by atoms with Gasteiger partial charge >= 0.3 is 0 Å². The predicted molar refractivity (Wildman–Crippen MR) is 88.1 cm³/mol. The molecule has 1 unspecified atom stereocenters. The summed E-state index contributed by atoms with van der Waals surface area (Å²) >= 11 is 1.54. The fraction of sp³-hybridized carbons (Fsp3) is 0.176. The maximum atomic E-state index is 12.0. The molecule has 2 N–H and O–H groups in total. The maximum Gasteiger partial charge on any atom is 0.269 e. The highest BCUT2D eigenvalue weighted by Gasteiger charge is 2.14. The number of benzene rings is 1. The Morgan fingerprint density at radius 2 is 2.09 bits per heavy atom. The topological polar surface area (TPSA) is 62.2 Å². The van der Waals surface area contributed by atoms with Crippen LogP contribution in [0.25, 0.3) is 10.1 Å². The molecule has 0 aliphatic rings. The number of aliphatic hydroxyl groups excluding tert-OH is 1. The van der Waals surface area contributed by atoms with Crippen molar-refractivity contribution in [2.24, 2.45) is 0 Å². The number of nitrogens with one attached hydrogen (secondary N) is 1. The third-order valence-electron chi connectivity index (χ3n) is 3.35. The Balaban J connectivity index is 1.66. The number of amides is 1. The Hall–Kier alpha value is -2.24. The third kappa shape index (κ3) is 3.16. The fourth-order valence-electron chi connectivity index (χ4n) is 2.22. The number of hydrogen-bond donors (Lipinski definition) is 2. The summed E-state index contributed by atoms with van der Waals surface area (Å²) in [4.78, 5) is 17.0. The van der Waals surface area contributed by atoms with E-state index in [-0.39, 0.29) is 12.5 Å². The lowest BCUT2D eigenvalue weighted by Gasteiger charge is -2.10.